The first kappa shape index (κ1) is 38.1. The highest BCUT2D eigenvalue weighted by atomic mass is 19.4. The molecule has 0 unspecified atom stereocenters. The van der Waals surface area contributed by atoms with Gasteiger partial charge >= 0.3 is 12.3 Å². The Morgan fingerprint density at radius 1 is 0.920 bits per heavy atom. The van der Waals surface area contributed by atoms with Gasteiger partial charge in [-0.15, -0.1) is 0 Å². The molecule has 272 valence electrons. The van der Waals surface area contributed by atoms with E-state index in [9.17, 15) is 42.4 Å². The molecule has 2 saturated heterocycles. The van der Waals surface area contributed by atoms with Crippen LogP contribution in [-0.2, 0) is 36.5 Å². The number of hydroxylamine groups is 1. The van der Waals surface area contributed by atoms with Crippen molar-refractivity contribution in [3.05, 3.63) is 59.7 Å². The molecular weight excluding hydrogens is 661 g/mol. The zero-order valence-corrected chi connectivity index (χ0v) is 27.5. The molecule has 2 fully saturated rings. The smallest absolute Gasteiger partial charge is 0.416 e. The molecule has 16 heteroatoms. The first-order chi connectivity index (χ1) is 24.0. The number of amides is 5. The van der Waals surface area contributed by atoms with Gasteiger partial charge in [0.1, 0.15) is 6.04 Å². The molecule has 2 aliphatic heterocycles. The quantitative estimate of drug-likeness (QED) is 0.188. The van der Waals surface area contributed by atoms with E-state index in [-0.39, 0.29) is 51.3 Å². The molecule has 2 aromatic carbocycles. The van der Waals surface area contributed by atoms with Crippen molar-refractivity contribution in [3.8, 4) is 11.1 Å². The predicted molar refractivity (Wildman–Crippen MR) is 174 cm³/mol. The number of ether oxygens (including phenoxy) is 1. The molecule has 0 spiro atoms. The number of carbonyl (C=O) groups is 5. The van der Waals surface area contributed by atoms with Gasteiger partial charge in [0.2, 0.25) is 23.6 Å². The summed E-state index contributed by atoms with van der Waals surface area (Å²) in [7, 11) is 0. The van der Waals surface area contributed by atoms with Crippen molar-refractivity contribution < 1.29 is 47.1 Å². The van der Waals surface area contributed by atoms with Gasteiger partial charge in [0.25, 0.3) is 0 Å². The molecule has 0 aliphatic carbocycles. The van der Waals surface area contributed by atoms with Crippen LogP contribution >= 0.6 is 0 Å². The maximum Gasteiger partial charge on any atom is 0.416 e. The lowest BCUT2D eigenvalue weighted by molar-refractivity contribution is -0.141. The molecule has 2 heterocycles. The Bertz CT molecular complexity index is 1480. The summed E-state index contributed by atoms with van der Waals surface area (Å²) in [6.07, 6.45) is -3.98. The number of alkyl halides is 3. The second-order valence-electron chi connectivity index (χ2n) is 12.3. The van der Waals surface area contributed by atoms with E-state index in [1.165, 1.54) is 6.07 Å². The van der Waals surface area contributed by atoms with Gasteiger partial charge in [-0.1, -0.05) is 36.4 Å². The number of nitrogens with zero attached hydrogens (tertiary/aromatic N) is 1. The fraction of sp³-hybridized carbons (Fsp3) is 0.500. The van der Waals surface area contributed by atoms with E-state index in [2.05, 4.69) is 21.3 Å². The Balaban J connectivity index is 1.57. The van der Waals surface area contributed by atoms with Crippen LogP contribution in [0, 0.1) is 11.8 Å². The number of rotatable bonds is 7. The number of hydrogen-bond donors (Lipinski definition) is 6. The maximum atomic E-state index is 14.0. The summed E-state index contributed by atoms with van der Waals surface area (Å²) < 4.78 is 45.1. The Morgan fingerprint density at radius 2 is 1.66 bits per heavy atom. The summed E-state index contributed by atoms with van der Waals surface area (Å²) in [6.45, 7) is 2.21. The van der Waals surface area contributed by atoms with Gasteiger partial charge in [-0.25, -0.2) is 10.3 Å². The van der Waals surface area contributed by atoms with Crippen LogP contribution < -0.4 is 26.7 Å². The van der Waals surface area contributed by atoms with E-state index >= 15 is 0 Å². The zero-order chi connectivity index (χ0) is 36.1. The number of carbonyl (C=O) groups excluding carboxylic acids is 5. The van der Waals surface area contributed by atoms with Crippen LogP contribution in [0.4, 0.5) is 18.0 Å². The average molecular weight is 705 g/mol. The lowest BCUT2D eigenvalue weighted by atomic mass is 9.82. The summed E-state index contributed by atoms with van der Waals surface area (Å²) in [6, 6.07) is 10.3. The third-order valence-electron chi connectivity index (χ3n) is 8.80. The van der Waals surface area contributed by atoms with Gasteiger partial charge in [-0.05, 0) is 67.3 Å². The van der Waals surface area contributed by atoms with Crippen molar-refractivity contribution in [2.45, 2.75) is 50.7 Å². The Morgan fingerprint density at radius 3 is 2.36 bits per heavy atom. The van der Waals surface area contributed by atoms with Gasteiger partial charge < -0.3 is 30.9 Å². The van der Waals surface area contributed by atoms with Gasteiger partial charge in [-0.2, -0.15) is 13.2 Å². The SMILES string of the molecule is O=C1NCCCC[C@@H](C(=O)NCC(=O)N2CCNCC2)NC(=O)[C@H](Cc2ccc(-c3cccc(C(F)(F)F)c3)cc2)[C@@H](C(=O)NO)CCCO1. The van der Waals surface area contributed by atoms with Crippen LogP contribution in [0.25, 0.3) is 11.1 Å². The van der Waals surface area contributed by atoms with Crippen LogP contribution in [-0.4, -0.2) is 91.7 Å². The third kappa shape index (κ3) is 11.2. The lowest BCUT2D eigenvalue weighted by Crippen LogP contribution is -2.53. The highest BCUT2D eigenvalue weighted by Crippen LogP contribution is 2.32. The first-order valence-electron chi connectivity index (χ1n) is 16.6. The standard InChI is InChI=1S/C34H43F3N6O7/c35-34(36,37)25-6-3-5-24(20-25)23-11-9-22(10-12-23)19-27-26(31(46)42-49)7-4-18-50-33(48)39-13-2-1-8-28(41-30(27)45)32(47)40-21-29(44)43-16-14-38-15-17-43/h3,5-6,9-12,20,26-28,38,49H,1-2,4,7-8,13-19,21H2,(H,39,48)(H,40,47)(H,41,45)(H,42,46)/t26-,27+,28-/m0/s1. The molecule has 0 bridgehead atoms. The van der Waals surface area contributed by atoms with E-state index in [4.69, 9.17) is 4.74 Å². The second kappa shape index (κ2) is 18.3. The van der Waals surface area contributed by atoms with Crippen LogP contribution in [0.2, 0.25) is 0 Å². The first-order valence-corrected chi connectivity index (χ1v) is 16.6. The number of piperazine rings is 1. The van der Waals surface area contributed by atoms with Crippen LogP contribution in [0.1, 0.15) is 43.2 Å². The molecule has 0 saturated carbocycles. The summed E-state index contributed by atoms with van der Waals surface area (Å²) in [4.78, 5) is 66.8. The van der Waals surface area contributed by atoms with E-state index < -0.39 is 53.4 Å². The Hall–Kier alpha value is -4.70. The molecule has 2 aliphatic rings. The molecular formula is C34H43F3N6O7. The van der Waals surface area contributed by atoms with Crippen molar-refractivity contribution in [2.75, 3.05) is 45.9 Å². The number of hydrogen-bond acceptors (Lipinski definition) is 8. The van der Waals surface area contributed by atoms with Gasteiger partial charge in [0, 0.05) is 32.7 Å². The van der Waals surface area contributed by atoms with Crippen molar-refractivity contribution >= 4 is 29.7 Å². The number of cyclic esters (lactones) is 1. The largest absolute Gasteiger partial charge is 0.450 e. The second-order valence-corrected chi connectivity index (χ2v) is 12.3. The summed E-state index contributed by atoms with van der Waals surface area (Å²) >= 11 is 0. The summed E-state index contributed by atoms with van der Waals surface area (Å²) in [5, 5.41) is 20.8. The molecule has 0 radical (unpaired) electrons. The van der Waals surface area contributed by atoms with Crippen molar-refractivity contribution in [3.63, 3.8) is 0 Å². The van der Waals surface area contributed by atoms with Crippen LogP contribution in [0.5, 0.6) is 0 Å². The highest BCUT2D eigenvalue weighted by molar-refractivity contribution is 5.93. The lowest BCUT2D eigenvalue weighted by Gasteiger charge is -2.29. The number of alkyl carbamates (subject to hydrolysis) is 1. The van der Waals surface area contributed by atoms with Gasteiger partial charge in [-0.3, -0.25) is 24.4 Å². The molecule has 3 atom stereocenters. The maximum absolute atomic E-state index is 14.0. The van der Waals surface area contributed by atoms with E-state index in [0.717, 1.165) is 12.1 Å². The Labute approximate surface area is 287 Å². The number of benzene rings is 2. The van der Waals surface area contributed by atoms with Crippen LogP contribution in [0.3, 0.4) is 0 Å². The minimum Gasteiger partial charge on any atom is -0.450 e. The zero-order valence-electron chi connectivity index (χ0n) is 27.5. The predicted octanol–water partition coefficient (Wildman–Crippen LogP) is 2.38. The molecule has 4 rings (SSSR count). The van der Waals surface area contributed by atoms with E-state index in [1.54, 1.807) is 40.7 Å². The third-order valence-corrected chi connectivity index (χ3v) is 8.80. The molecule has 0 aromatic heterocycles. The topological polar surface area (TPSA) is 178 Å². The van der Waals surface area contributed by atoms with Crippen molar-refractivity contribution in [1.29, 1.82) is 0 Å². The summed E-state index contributed by atoms with van der Waals surface area (Å²) in [5.41, 5.74) is 2.22. The molecule has 5 amide bonds. The normalized spacial score (nSPS) is 21.4. The molecule has 13 nitrogen and oxygen atoms in total. The van der Waals surface area contributed by atoms with Crippen molar-refractivity contribution in [1.82, 2.24) is 31.6 Å². The monoisotopic (exact) mass is 704 g/mol. The summed E-state index contributed by atoms with van der Waals surface area (Å²) in [5.74, 6) is -4.62. The minimum atomic E-state index is -4.51. The van der Waals surface area contributed by atoms with E-state index in [1.807, 2.05) is 0 Å². The highest BCUT2D eigenvalue weighted by Gasteiger charge is 2.36. The minimum absolute atomic E-state index is 0.0239. The number of nitrogens with one attached hydrogen (secondary N) is 5. The van der Waals surface area contributed by atoms with E-state index in [0.29, 0.717) is 55.7 Å². The Kier molecular flexibility index (Phi) is 14.0. The molecule has 2 aromatic rings. The van der Waals surface area contributed by atoms with Crippen molar-refractivity contribution in [2.24, 2.45) is 11.8 Å². The van der Waals surface area contributed by atoms with Gasteiger partial charge in [0.05, 0.1) is 30.6 Å². The fourth-order valence-corrected chi connectivity index (χ4v) is 6.02. The number of halogens is 3. The van der Waals surface area contributed by atoms with Gasteiger partial charge in [0.15, 0.2) is 0 Å². The van der Waals surface area contributed by atoms with Crippen LogP contribution in [0.15, 0.2) is 48.5 Å². The molecule has 50 heavy (non-hydrogen) atoms. The molecule has 6 N–H and O–H groups in total. The average Bonchev–Trinajstić information content (AvgIpc) is 3.12. The fourth-order valence-electron chi connectivity index (χ4n) is 6.02.